The van der Waals surface area contributed by atoms with Gasteiger partial charge in [0, 0.05) is 30.5 Å². The zero-order chi connectivity index (χ0) is 19.7. The molecule has 1 N–H and O–H groups in total. The van der Waals surface area contributed by atoms with Crippen molar-refractivity contribution in [2.75, 3.05) is 31.2 Å². The van der Waals surface area contributed by atoms with Gasteiger partial charge in [-0.05, 0) is 42.4 Å². The second-order valence-corrected chi connectivity index (χ2v) is 8.96. The van der Waals surface area contributed by atoms with Gasteiger partial charge in [-0.3, -0.25) is 0 Å². The van der Waals surface area contributed by atoms with E-state index >= 15 is 0 Å². The van der Waals surface area contributed by atoms with Crippen molar-refractivity contribution < 1.29 is 4.74 Å². The highest BCUT2D eigenvalue weighted by Crippen LogP contribution is 2.39. The van der Waals surface area contributed by atoms with Gasteiger partial charge >= 0.3 is 0 Å². The van der Waals surface area contributed by atoms with E-state index in [1.54, 1.807) is 0 Å². The van der Waals surface area contributed by atoms with Crippen molar-refractivity contribution in [3.8, 4) is 11.3 Å². The van der Waals surface area contributed by atoms with Crippen LogP contribution in [0, 0.1) is 5.41 Å². The number of H-pyrrole nitrogens is 1. The molecule has 0 unspecified atom stereocenters. The fraction of sp³-hybridized carbons (Fsp3) is 0.500. The summed E-state index contributed by atoms with van der Waals surface area (Å²) in [6, 6.07) is 8.70. The predicted octanol–water partition coefficient (Wildman–Crippen LogP) is 4.97. The highest BCUT2D eigenvalue weighted by molar-refractivity contribution is 5.78. The van der Waals surface area contributed by atoms with E-state index in [4.69, 9.17) is 9.72 Å². The minimum atomic E-state index is 0.394. The summed E-state index contributed by atoms with van der Waals surface area (Å²) < 4.78 is 5.46. The number of morpholine rings is 1. The molecule has 5 rings (SSSR count). The first-order valence-electron chi connectivity index (χ1n) is 11.0. The highest BCUT2D eigenvalue weighted by atomic mass is 16.5. The number of aromatic amines is 1. The highest BCUT2D eigenvalue weighted by Gasteiger charge is 2.28. The van der Waals surface area contributed by atoms with Crippen molar-refractivity contribution >= 4 is 16.9 Å². The Morgan fingerprint density at radius 2 is 1.83 bits per heavy atom. The number of hydrogen-bond donors (Lipinski definition) is 1. The normalized spacial score (nSPS) is 19.6. The molecule has 0 atom stereocenters. The van der Waals surface area contributed by atoms with E-state index in [1.807, 2.05) is 6.20 Å². The molecule has 2 fully saturated rings. The van der Waals surface area contributed by atoms with E-state index in [1.165, 1.54) is 43.4 Å². The van der Waals surface area contributed by atoms with Gasteiger partial charge in [0.05, 0.1) is 25.1 Å². The topological polar surface area (TPSA) is 54.0 Å². The van der Waals surface area contributed by atoms with Gasteiger partial charge in [-0.15, -0.1) is 0 Å². The van der Waals surface area contributed by atoms with Gasteiger partial charge in [-0.1, -0.05) is 38.3 Å². The van der Waals surface area contributed by atoms with E-state index in [9.17, 15) is 0 Å². The van der Waals surface area contributed by atoms with Gasteiger partial charge in [-0.2, -0.15) is 0 Å². The second-order valence-electron chi connectivity index (χ2n) is 8.96. The van der Waals surface area contributed by atoms with E-state index in [-0.39, 0.29) is 0 Å². The number of rotatable bonds is 4. The lowest BCUT2D eigenvalue weighted by atomic mass is 9.72. The molecule has 0 amide bonds. The zero-order valence-corrected chi connectivity index (χ0v) is 17.3. The molecule has 1 aromatic carbocycles. The summed E-state index contributed by atoms with van der Waals surface area (Å²) >= 11 is 0. The van der Waals surface area contributed by atoms with Crippen LogP contribution >= 0.6 is 0 Å². The summed E-state index contributed by atoms with van der Waals surface area (Å²) in [5.41, 5.74) is 6.94. The van der Waals surface area contributed by atoms with Crippen LogP contribution in [0.1, 0.15) is 44.6 Å². The zero-order valence-electron chi connectivity index (χ0n) is 17.3. The van der Waals surface area contributed by atoms with Crippen molar-refractivity contribution in [3.05, 3.63) is 42.2 Å². The van der Waals surface area contributed by atoms with Crippen LogP contribution in [0.3, 0.4) is 0 Å². The molecule has 5 nitrogen and oxygen atoms in total. The summed E-state index contributed by atoms with van der Waals surface area (Å²) in [7, 11) is 0. The lowest BCUT2D eigenvalue weighted by Crippen LogP contribution is -2.36. The Morgan fingerprint density at radius 1 is 1.07 bits per heavy atom. The van der Waals surface area contributed by atoms with Crippen LogP contribution in [-0.4, -0.2) is 41.3 Å². The van der Waals surface area contributed by atoms with Crippen molar-refractivity contribution in [2.45, 2.75) is 45.4 Å². The summed E-state index contributed by atoms with van der Waals surface area (Å²) in [5, 5.41) is 0. The lowest BCUT2D eigenvalue weighted by molar-refractivity contribution is 0.122. The molecule has 0 bridgehead atoms. The van der Waals surface area contributed by atoms with Crippen LogP contribution in [0.4, 0.5) is 5.69 Å². The van der Waals surface area contributed by atoms with Gasteiger partial charge in [0.25, 0.3) is 0 Å². The van der Waals surface area contributed by atoms with Gasteiger partial charge in [0.15, 0.2) is 5.65 Å². The molecule has 152 valence electrons. The maximum Gasteiger partial charge on any atom is 0.156 e. The number of nitrogens with zero attached hydrogens (tertiary/aromatic N) is 3. The van der Waals surface area contributed by atoms with Crippen molar-refractivity contribution in [1.29, 1.82) is 0 Å². The summed E-state index contributed by atoms with van der Waals surface area (Å²) in [6.07, 6.45) is 11.8. The third-order valence-electron chi connectivity index (χ3n) is 6.68. The number of ether oxygens (including phenoxy) is 1. The fourth-order valence-corrected chi connectivity index (χ4v) is 4.92. The minimum absolute atomic E-state index is 0.394. The standard InChI is InChI=1S/C24H30N4O/c1-24(9-3-2-4-10-24)15-19-16-25-23-22(19)27-21(17-26-23)18-5-7-20(8-6-18)28-11-13-29-14-12-28/h5-8,16-17H,2-4,9-15H2,1H3,(H,25,26). The summed E-state index contributed by atoms with van der Waals surface area (Å²) in [6.45, 7) is 5.96. The van der Waals surface area contributed by atoms with Crippen molar-refractivity contribution in [1.82, 2.24) is 15.0 Å². The molecule has 3 aromatic rings. The summed E-state index contributed by atoms with van der Waals surface area (Å²) in [5.74, 6) is 0. The number of hydrogen-bond acceptors (Lipinski definition) is 4. The Balaban J connectivity index is 1.40. The molecule has 2 aromatic heterocycles. The molecule has 29 heavy (non-hydrogen) atoms. The molecule has 5 heteroatoms. The van der Waals surface area contributed by atoms with Crippen LogP contribution in [0.2, 0.25) is 0 Å². The minimum Gasteiger partial charge on any atom is -0.378 e. The monoisotopic (exact) mass is 390 g/mol. The first kappa shape index (κ1) is 18.6. The maximum absolute atomic E-state index is 5.46. The largest absolute Gasteiger partial charge is 0.378 e. The first-order chi connectivity index (χ1) is 14.2. The number of anilines is 1. The number of nitrogens with one attached hydrogen (secondary N) is 1. The molecule has 1 saturated carbocycles. The first-order valence-corrected chi connectivity index (χ1v) is 11.0. The molecule has 1 aliphatic heterocycles. The Hall–Kier alpha value is -2.40. The van der Waals surface area contributed by atoms with Crippen LogP contribution in [0.25, 0.3) is 22.4 Å². The SMILES string of the molecule is CC1(Cc2c[nH]c3ncc(-c4ccc(N5CCOCC5)cc4)nc23)CCCCC1. The molecular formula is C24H30N4O. The summed E-state index contributed by atoms with van der Waals surface area (Å²) in [4.78, 5) is 15.4. The fourth-order valence-electron chi connectivity index (χ4n) is 4.92. The van der Waals surface area contributed by atoms with Gasteiger partial charge in [0.1, 0.15) is 5.52 Å². The lowest BCUT2D eigenvalue weighted by Gasteiger charge is -2.33. The quantitative estimate of drug-likeness (QED) is 0.683. The van der Waals surface area contributed by atoms with E-state index in [0.717, 1.165) is 55.1 Å². The van der Waals surface area contributed by atoms with E-state index in [2.05, 4.69) is 52.3 Å². The predicted molar refractivity (Wildman–Crippen MR) is 117 cm³/mol. The van der Waals surface area contributed by atoms with E-state index in [0.29, 0.717) is 5.41 Å². The van der Waals surface area contributed by atoms with Crippen molar-refractivity contribution in [3.63, 3.8) is 0 Å². The molecule has 1 saturated heterocycles. The smallest absolute Gasteiger partial charge is 0.156 e. The average Bonchev–Trinajstić information content (AvgIpc) is 3.16. The van der Waals surface area contributed by atoms with Crippen LogP contribution in [-0.2, 0) is 11.2 Å². The van der Waals surface area contributed by atoms with Gasteiger partial charge in [-0.25, -0.2) is 9.97 Å². The molecule has 0 radical (unpaired) electrons. The van der Waals surface area contributed by atoms with Gasteiger partial charge < -0.3 is 14.6 Å². The third-order valence-corrected chi connectivity index (χ3v) is 6.68. The van der Waals surface area contributed by atoms with Crippen LogP contribution in [0.5, 0.6) is 0 Å². The maximum atomic E-state index is 5.46. The van der Waals surface area contributed by atoms with Crippen LogP contribution < -0.4 is 4.90 Å². The van der Waals surface area contributed by atoms with E-state index < -0.39 is 0 Å². The molecule has 3 heterocycles. The average molecular weight is 391 g/mol. The third kappa shape index (κ3) is 3.88. The Morgan fingerprint density at radius 3 is 2.59 bits per heavy atom. The number of aromatic nitrogens is 3. The molecule has 2 aliphatic rings. The molecule has 0 spiro atoms. The van der Waals surface area contributed by atoms with Crippen molar-refractivity contribution in [2.24, 2.45) is 5.41 Å². The Bertz CT molecular complexity index is 966. The molecular weight excluding hydrogens is 360 g/mol. The van der Waals surface area contributed by atoms with Gasteiger partial charge in [0.2, 0.25) is 0 Å². The number of fused-ring (bicyclic) bond motifs is 1. The Kier molecular flexibility index (Phi) is 5.00. The van der Waals surface area contributed by atoms with Crippen LogP contribution in [0.15, 0.2) is 36.7 Å². The molecule has 1 aliphatic carbocycles. The number of benzene rings is 1. The Labute approximate surface area is 172 Å². The second kappa shape index (κ2) is 7.79.